The van der Waals surface area contributed by atoms with E-state index in [0.717, 1.165) is 31.0 Å². The third kappa shape index (κ3) is 3.11. The molecule has 2 rings (SSSR count). The Hall–Kier alpha value is -1.58. The second-order valence-corrected chi connectivity index (χ2v) is 6.40. The van der Waals surface area contributed by atoms with Crippen LogP contribution in [0.2, 0.25) is 0 Å². The van der Waals surface area contributed by atoms with E-state index < -0.39 is 31.3 Å². The number of sulfonamides is 1. The van der Waals surface area contributed by atoms with Gasteiger partial charge in [0.1, 0.15) is 5.82 Å². The molecule has 1 aromatic rings. The van der Waals surface area contributed by atoms with Gasteiger partial charge in [-0.1, -0.05) is 6.07 Å². The highest BCUT2D eigenvalue weighted by Gasteiger charge is 2.33. The molecule has 1 unspecified atom stereocenters. The molecule has 1 aliphatic carbocycles. The lowest BCUT2D eigenvalue weighted by atomic mass is 10.2. The third-order valence-corrected chi connectivity index (χ3v) is 4.64. The molecule has 7 nitrogen and oxygen atoms in total. The summed E-state index contributed by atoms with van der Waals surface area (Å²) in [5.74, 6) is -0.903. The molecule has 0 radical (unpaired) electrons. The minimum Gasteiger partial charge on any atom is -0.326 e. The molecule has 1 saturated carbocycles. The lowest BCUT2D eigenvalue weighted by molar-refractivity contribution is -0.388. The Morgan fingerprint density at radius 1 is 1.50 bits per heavy atom. The topological polar surface area (TPSA) is 115 Å². The van der Waals surface area contributed by atoms with Gasteiger partial charge in [0.25, 0.3) is 5.69 Å². The Bertz CT molecular complexity index is 631. The smallest absolute Gasteiger partial charge is 0.292 e. The van der Waals surface area contributed by atoms with Crippen LogP contribution in [0, 0.1) is 21.8 Å². The summed E-state index contributed by atoms with van der Waals surface area (Å²) in [5.41, 5.74) is 4.95. The first-order valence-electron chi connectivity index (χ1n) is 6.01. The lowest BCUT2D eigenvalue weighted by Crippen LogP contribution is -2.38. The van der Waals surface area contributed by atoms with Crippen molar-refractivity contribution in [1.82, 2.24) is 4.72 Å². The molecule has 0 bridgehead atoms. The number of hydrogen-bond acceptors (Lipinski definition) is 5. The van der Waals surface area contributed by atoms with Crippen LogP contribution in [0.4, 0.5) is 10.1 Å². The molecule has 0 spiro atoms. The Kier molecular flexibility index (Phi) is 4.02. The van der Waals surface area contributed by atoms with Gasteiger partial charge in [-0.15, -0.1) is 0 Å². The molecule has 0 aliphatic heterocycles. The van der Waals surface area contributed by atoms with Crippen LogP contribution in [-0.2, 0) is 10.0 Å². The summed E-state index contributed by atoms with van der Waals surface area (Å²) in [5, 5.41) is 10.8. The highest BCUT2D eigenvalue weighted by atomic mass is 32.2. The van der Waals surface area contributed by atoms with E-state index in [0.29, 0.717) is 0 Å². The lowest BCUT2D eigenvalue weighted by Gasteiger charge is -2.12. The van der Waals surface area contributed by atoms with Gasteiger partial charge in [0.2, 0.25) is 10.0 Å². The Morgan fingerprint density at radius 2 is 2.15 bits per heavy atom. The van der Waals surface area contributed by atoms with Crippen LogP contribution in [0.25, 0.3) is 0 Å². The number of nitro groups is 1. The molecule has 0 heterocycles. The maximum Gasteiger partial charge on any atom is 0.292 e. The minimum absolute atomic E-state index is 0.0709. The second kappa shape index (κ2) is 5.43. The van der Waals surface area contributed by atoms with Crippen LogP contribution in [0.3, 0.4) is 0 Å². The molecular weight excluding hydrogens is 289 g/mol. The average Bonchev–Trinajstić information content (AvgIpc) is 3.19. The fourth-order valence-electron chi connectivity index (χ4n) is 1.88. The Morgan fingerprint density at radius 3 is 2.70 bits per heavy atom. The summed E-state index contributed by atoms with van der Waals surface area (Å²) >= 11 is 0. The zero-order chi connectivity index (χ0) is 14.9. The van der Waals surface area contributed by atoms with E-state index in [2.05, 4.69) is 4.72 Å². The third-order valence-electron chi connectivity index (χ3n) is 3.15. The van der Waals surface area contributed by atoms with Gasteiger partial charge in [0, 0.05) is 18.7 Å². The first-order valence-corrected chi connectivity index (χ1v) is 7.49. The molecule has 1 fully saturated rings. The highest BCUT2D eigenvalue weighted by molar-refractivity contribution is 7.89. The summed E-state index contributed by atoms with van der Waals surface area (Å²) in [4.78, 5) is 8.92. The van der Waals surface area contributed by atoms with Crippen LogP contribution in [0.1, 0.15) is 12.8 Å². The van der Waals surface area contributed by atoms with Crippen LogP contribution in [0.15, 0.2) is 23.1 Å². The summed E-state index contributed by atoms with van der Waals surface area (Å²) in [7, 11) is -4.31. The fourth-order valence-corrected chi connectivity index (χ4v) is 3.18. The van der Waals surface area contributed by atoms with E-state index in [1.165, 1.54) is 0 Å². The first-order chi connectivity index (χ1) is 9.33. The molecule has 0 amide bonds. The van der Waals surface area contributed by atoms with Crippen LogP contribution >= 0.6 is 0 Å². The van der Waals surface area contributed by atoms with Crippen molar-refractivity contribution in [3.63, 3.8) is 0 Å². The van der Waals surface area contributed by atoms with E-state index in [-0.39, 0.29) is 18.5 Å². The number of hydrogen-bond donors (Lipinski definition) is 2. The second-order valence-electron chi connectivity index (χ2n) is 4.70. The van der Waals surface area contributed by atoms with Crippen molar-refractivity contribution < 1.29 is 17.7 Å². The van der Waals surface area contributed by atoms with Gasteiger partial charge in [-0.2, -0.15) is 0 Å². The van der Waals surface area contributed by atoms with Crippen LogP contribution in [-0.4, -0.2) is 25.9 Å². The van der Waals surface area contributed by atoms with E-state index in [9.17, 15) is 22.9 Å². The van der Waals surface area contributed by atoms with Gasteiger partial charge in [-0.3, -0.25) is 10.1 Å². The van der Waals surface area contributed by atoms with Gasteiger partial charge in [-0.05, 0) is 24.8 Å². The summed E-state index contributed by atoms with van der Waals surface area (Å²) in [6.07, 6.45) is 1.87. The molecule has 1 aromatic carbocycles. The van der Waals surface area contributed by atoms with Gasteiger partial charge < -0.3 is 5.73 Å². The van der Waals surface area contributed by atoms with E-state index in [4.69, 9.17) is 5.73 Å². The summed E-state index contributed by atoms with van der Waals surface area (Å²) in [6, 6.07) is 2.53. The van der Waals surface area contributed by atoms with Crippen LogP contribution in [0.5, 0.6) is 0 Å². The predicted octanol–water partition coefficient (Wildman–Crippen LogP) is 0.749. The number of benzene rings is 1. The summed E-state index contributed by atoms with van der Waals surface area (Å²) < 4.78 is 39.8. The fraction of sp³-hybridized carbons (Fsp3) is 0.455. The molecule has 20 heavy (non-hydrogen) atoms. The van der Waals surface area contributed by atoms with Crippen LogP contribution < -0.4 is 10.5 Å². The van der Waals surface area contributed by atoms with Gasteiger partial charge in [-0.25, -0.2) is 17.5 Å². The number of nitrogens with one attached hydrogen (secondary N) is 1. The monoisotopic (exact) mass is 303 g/mol. The maximum absolute atomic E-state index is 13.6. The largest absolute Gasteiger partial charge is 0.326 e. The first kappa shape index (κ1) is 14.8. The van der Waals surface area contributed by atoms with Crippen molar-refractivity contribution in [2.75, 3.05) is 6.54 Å². The molecule has 110 valence electrons. The number of nitro benzene ring substituents is 1. The summed E-state index contributed by atoms with van der Waals surface area (Å²) in [6.45, 7) is -0.0709. The van der Waals surface area contributed by atoms with Crippen molar-refractivity contribution in [2.24, 2.45) is 11.7 Å². The molecule has 0 aromatic heterocycles. The van der Waals surface area contributed by atoms with Crippen molar-refractivity contribution in [1.29, 1.82) is 0 Å². The van der Waals surface area contributed by atoms with E-state index in [1.54, 1.807) is 0 Å². The number of nitrogens with two attached hydrogens (primary N) is 1. The molecule has 1 atom stereocenters. The molecule has 0 saturated heterocycles. The SMILES string of the molecule is NC(CNS(=O)(=O)c1c(F)cccc1[N+](=O)[O-])C1CC1. The van der Waals surface area contributed by atoms with Crippen molar-refractivity contribution in [3.8, 4) is 0 Å². The number of nitrogens with zero attached hydrogens (tertiary/aromatic N) is 1. The predicted molar refractivity (Wildman–Crippen MR) is 68.9 cm³/mol. The molecule has 3 N–H and O–H groups in total. The standard InChI is InChI=1S/C11H14FN3O4S/c12-8-2-1-3-10(15(16)17)11(8)20(18,19)14-6-9(13)7-4-5-7/h1-3,7,9,14H,4-6,13H2. The average molecular weight is 303 g/mol. The zero-order valence-electron chi connectivity index (χ0n) is 10.5. The Labute approximate surface area is 115 Å². The molecule has 1 aliphatic rings. The maximum atomic E-state index is 13.6. The molecule has 9 heteroatoms. The van der Waals surface area contributed by atoms with Crippen molar-refractivity contribution >= 4 is 15.7 Å². The van der Waals surface area contributed by atoms with Crippen molar-refractivity contribution in [3.05, 3.63) is 34.1 Å². The normalized spacial score (nSPS) is 16.9. The van der Waals surface area contributed by atoms with E-state index in [1.807, 2.05) is 0 Å². The van der Waals surface area contributed by atoms with Crippen molar-refractivity contribution in [2.45, 2.75) is 23.8 Å². The van der Waals surface area contributed by atoms with Gasteiger partial charge in [0.05, 0.1) is 4.92 Å². The van der Waals surface area contributed by atoms with Gasteiger partial charge >= 0.3 is 0 Å². The van der Waals surface area contributed by atoms with Gasteiger partial charge in [0.15, 0.2) is 4.90 Å². The Balaban J connectivity index is 2.26. The molecular formula is C11H14FN3O4S. The zero-order valence-corrected chi connectivity index (χ0v) is 11.3. The number of halogens is 1. The van der Waals surface area contributed by atoms with E-state index >= 15 is 0 Å². The highest BCUT2D eigenvalue weighted by Crippen LogP contribution is 2.31. The quantitative estimate of drug-likeness (QED) is 0.594. The number of rotatable bonds is 6. The minimum atomic E-state index is -4.31.